The van der Waals surface area contributed by atoms with E-state index in [1.807, 2.05) is 0 Å². The van der Waals surface area contributed by atoms with Crippen LogP contribution in [0, 0.1) is 0 Å². The Bertz CT molecular complexity index is 378. The minimum atomic E-state index is -4.50. The summed E-state index contributed by atoms with van der Waals surface area (Å²) in [6.45, 7) is 1.68. The van der Waals surface area contributed by atoms with Crippen LogP contribution in [0.5, 0.6) is 0 Å². The van der Waals surface area contributed by atoms with Crippen LogP contribution < -0.4 is 0 Å². The number of hydrogen-bond donors (Lipinski definition) is 1. The summed E-state index contributed by atoms with van der Waals surface area (Å²) in [5.74, 6) is -0.286. The highest BCUT2D eigenvalue weighted by molar-refractivity contribution is 7.80. The maximum atomic E-state index is 11.3. The molecule has 0 amide bonds. The molecular formula is C17H34O5S. The van der Waals surface area contributed by atoms with Gasteiger partial charge in [0.05, 0.1) is 0 Å². The van der Waals surface area contributed by atoms with Gasteiger partial charge in [0.2, 0.25) is 0 Å². The topological polar surface area (TPSA) is 80.7 Å². The Morgan fingerprint density at radius 3 is 1.57 bits per heavy atom. The summed E-state index contributed by atoms with van der Waals surface area (Å²) in [5.41, 5.74) is 0. The molecule has 1 N–H and O–H groups in total. The first kappa shape index (κ1) is 22.5. The lowest BCUT2D eigenvalue weighted by Crippen LogP contribution is -2.13. The van der Waals surface area contributed by atoms with Gasteiger partial charge in [0.15, 0.2) is 5.78 Å². The van der Waals surface area contributed by atoms with Crippen molar-refractivity contribution >= 4 is 16.2 Å². The predicted molar refractivity (Wildman–Crippen MR) is 92.8 cm³/mol. The molecule has 0 unspecified atom stereocenters. The number of carbonyl (C=O) groups excluding carboxylic acids is 1. The summed E-state index contributed by atoms with van der Waals surface area (Å²) in [6.07, 6.45) is 16.4. The second-order valence-electron chi connectivity index (χ2n) is 6.22. The first-order valence-corrected chi connectivity index (χ1v) is 10.5. The number of hydrogen-bond acceptors (Lipinski definition) is 4. The zero-order chi connectivity index (χ0) is 17.4. The number of carbonyl (C=O) groups is 1. The Kier molecular flexibility index (Phi) is 14.8. The summed E-state index contributed by atoms with van der Waals surface area (Å²) in [5, 5.41) is 0. The molecule has 0 aromatic rings. The molecule has 138 valence electrons. The molecule has 0 bridgehead atoms. The van der Waals surface area contributed by atoms with Crippen molar-refractivity contribution in [2.45, 2.75) is 96.8 Å². The second-order valence-corrected chi connectivity index (χ2v) is 7.31. The van der Waals surface area contributed by atoms with Crippen LogP contribution in [-0.4, -0.2) is 25.4 Å². The highest BCUT2D eigenvalue weighted by Gasteiger charge is 2.09. The SMILES string of the molecule is CCCCCCCCCCCCCCCC(=O)COS(=O)(=O)O. The van der Waals surface area contributed by atoms with Crippen molar-refractivity contribution in [3.8, 4) is 0 Å². The molecular weight excluding hydrogens is 316 g/mol. The van der Waals surface area contributed by atoms with Crippen LogP contribution in [-0.2, 0) is 19.4 Å². The van der Waals surface area contributed by atoms with Crippen molar-refractivity contribution in [3.63, 3.8) is 0 Å². The van der Waals surface area contributed by atoms with Gasteiger partial charge in [-0.15, -0.1) is 0 Å². The lowest BCUT2D eigenvalue weighted by atomic mass is 10.0. The van der Waals surface area contributed by atoms with Crippen LogP contribution in [0.15, 0.2) is 0 Å². The fourth-order valence-electron chi connectivity index (χ4n) is 2.55. The molecule has 0 saturated carbocycles. The highest BCUT2D eigenvalue weighted by Crippen LogP contribution is 2.13. The van der Waals surface area contributed by atoms with E-state index < -0.39 is 17.0 Å². The summed E-state index contributed by atoms with van der Waals surface area (Å²) in [4.78, 5) is 11.3. The zero-order valence-electron chi connectivity index (χ0n) is 14.6. The molecule has 5 nitrogen and oxygen atoms in total. The van der Waals surface area contributed by atoms with Crippen molar-refractivity contribution in [3.05, 3.63) is 0 Å². The lowest BCUT2D eigenvalue weighted by molar-refractivity contribution is -0.121. The van der Waals surface area contributed by atoms with E-state index >= 15 is 0 Å². The van der Waals surface area contributed by atoms with E-state index in [1.165, 1.54) is 64.2 Å². The molecule has 6 heteroatoms. The van der Waals surface area contributed by atoms with Crippen LogP contribution >= 0.6 is 0 Å². The van der Waals surface area contributed by atoms with Gasteiger partial charge in [0.1, 0.15) is 6.61 Å². The number of unbranched alkanes of at least 4 members (excludes halogenated alkanes) is 12. The molecule has 0 fully saturated rings. The minimum absolute atomic E-state index is 0.286. The Hall–Kier alpha value is -0.460. The van der Waals surface area contributed by atoms with Gasteiger partial charge < -0.3 is 0 Å². The third-order valence-corrected chi connectivity index (χ3v) is 4.34. The molecule has 0 aliphatic carbocycles. The average molecular weight is 351 g/mol. The van der Waals surface area contributed by atoms with Gasteiger partial charge in [-0.2, -0.15) is 8.42 Å². The van der Waals surface area contributed by atoms with Gasteiger partial charge in [0, 0.05) is 6.42 Å². The smallest absolute Gasteiger partial charge is 0.297 e. The fraction of sp³-hybridized carbons (Fsp3) is 0.941. The van der Waals surface area contributed by atoms with E-state index in [0.717, 1.165) is 19.3 Å². The maximum Gasteiger partial charge on any atom is 0.397 e. The molecule has 0 heterocycles. The van der Waals surface area contributed by atoms with Crippen LogP contribution in [0.1, 0.15) is 96.8 Å². The van der Waals surface area contributed by atoms with Crippen LogP contribution in [0.3, 0.4) is 0 Å². The number of rotatable bonds is 17. The van der Waals surface area contributed by atoms with E-state index in [4.69, 9.17) is 4.55 Å². The molecule has 0 aromatic heterocycles. The Balaban J connectivity index is 3.20. The first-order valence-electron chi connectivity index (χ1n) is 9.09. The third-order valence-electron chi connectivity index (χ3n) is 3.93. The van der Waals surface area contributed by atoms with Gasteiger partial charge in [-0.25, -0.2) is 4.18 Å². The van der Waals surface area contributed by atoms with Crippen LogP contribution in [0.2, 0.25) is 0 Å². The normalized spacial score (nSPS) is 11.7. The molecule has 23 heavy (non-hydrogen) atoms. The average Bonchev–Trinajstić information content (AvgIpc) is 2.49. The Morgan fingerprint density at radius 1 is 0.783 bits per heavy atom. The predicted octanol–water partition coefficient (Wildman–Crippen LogP) is 4.86. The van der Waals surface area contributed by atoms with Gasteiger partial charge >= 0.3 is 10.4 Å². The van der Waals surface area contributed by atoms with E-state index in [0.29, 0.717) is 6.42 Å². The van der Waals surface area contributed by atoms with E-state index in [1.54, 1.807) is 0 Å². The molecule has 0 radical (unpaired) electrons. The molecule has 0 aliphatic rings. The molecule has 0 atom stereocenters. The molecule has 0 spiro atoms. The quantitative estimate of drug-likeness (QED) is 0.299. The largest absolute Gasteiger partial charge is 0.397 e. The summed E-state index contributed by atoms with van der Waals surface area (Å²) in [6, 6.07) is 0. The van der Waals surface area contributed by atoms with Crippen molar-refractivity contribution in [1.29, 1.82) is 0 Å². The fourth-order valence-corrected chi connectivity index (χ4v) is 2.83. The Labute approximate surface area is 142 Å². The highest BCUT2D eigenvalue weighted by atomic mass is 32.3. The first-order chi connectivity index (χ1) is 11.0. The van der Waals surface area contributed by atoms with Gasteiger partial charge in [-0.3, -0.25) is 9.35 Å². The molecule has 0 saturated heterocycles. The lowest BCUT2D eigenvalue weighted by Gasteiger charge is -2.03. The summed E-state index contributed by atoms with van der Waals surface area (Å²) < 4.78 is 33.0. The van der Waals surface area contributed by atoms with Crippen molar-refractivity contribution in [2.75, 3.05) is 6.61 Å². The zero-order valence-corrected chi connectivity index (χ0v) is 15.4. The van der Waals surface area contributed by atoms with Crippen molar-refractivity contribution in [2.24, 2.45) is 0 Å². The van der Waals surface area contributed by atoms with Gasteiger partial charge in [0.25, 0.3) is 0 Å². The van der Waals surface area contributed by atoms with Crippen LogP contribution in [0.25, 0.3) is 0 Å². The van der Waals surface area contributed by atoms with E-state index in [-0.39, 0.29) is 5.78 Å². The molecule has 0 aliphatic heterocycles. The standard InChI is InChI=1S/C17H34O5S/c1-2-3-4-5-6-7-8-9-10-11-12-13-14-15-17(18)16-22-23(19,20)21/h2-16H2,1H3,(H,19,20,21). The van der Waals surface area contributed by atoms with Crippen molar-refractivity contribution in [1.82, 2.24) is 0 Å². The monoisotopic (exact) mass is 350 g/mol. The minimum Gasteiger partial charge on any atom is -0.297 e. The number of ketones is 1. The van der Waals surface area contributed by atoms with Crippen molar-refractivity contribution < 1.29 is 21.9 Å². The van der Waals surface area contributed by atoms with Crippen LogP contribution in [0.4, 0.5) is 0 Å². The Morgan fingerprint density at radius 2 is 1.17 bits per heavy atom. The summed E-state index contributed by atoms with van der Waals surface area (Å²) >= 11 is 0. The number of Topliss-reactive ketones (excluding diaryl/α,β-unsaturated/α-hetero) is 1. The molecule has 0 rings (SSSR count). The van der Waals surface area contributed by atoms with Gasteiger partial charge in [-0.1, -0.05) is 84.0 Å². The third kappa shape index (κ3) is 19.5. The summed E-state index contributed by atoms with van der Waals surface area (Å²) in [7, 11) is -4.50. The second kappa shape index (κ2) is 15.1. The molecule has 0 aromatic carbocycles. The van der Waals surface area contributed by atoms with Gasteiger partial charge in [-0.05, 0) is 6.42 Å². The van der Waals surface area contributed by atoms with E-state index in [2.05, 4.69) is 11.1 Å². The maximum absolute atomic E-state index is 11.3. The van der Waals surface area contributed by atoms with E-state index in [9.17, 15) is 13.2 Å².